The number of aliphatic carboxylic acids is 1. The van der Waals surface area contributed by atoms with Crippen molar-refractivity contribution in [2.24, 2.45) is 23.5 Å². The Morgan fingerprint density at radius 3 is 1.85 bits per heavy atom. The second-order valence-electron chi connectivity index (χ2n) is 17.0. The largest absolute Gasteiger partial charge is 0.481 e. The quantitative estimate of drug-likeness (QED) is 0.108. The lowest BCUT2D eigenvalue weighted by molar-refractivity contribution is -0.310. The fourth-order valence-electron chi connectivity index (χ4n) is 7.61. The molecule has 0 aromatic rings. The summed E-state index contributed by atoms with van der Waals surface area (Å²) in [6, 6.07) is -1.15. The molecule has 0 spiro atoms. The van der Waals surface area contributed by atoms with Crippen LogP contribution in [0.3, 0.4) is 0 Å². The van der Waals surface area contributed by atoms with Crippen LogP contribution >= 0.6 is 22.6 Å². The van der Waals surface area contributed by atoms with Gasteiger partial charge in [-0.25, -0.2) is 0 Å². The second-order valence-corrected chi connectivity index (χ2v) is 18.3. The van der Waals surface area contributed by atoms with Gasteiger partial charge < -0.3 is 75.7 Å². The number of carbonyl (C=O) groups is 3. The predicted octanol–water partition coefficient (Wildman–Crippen LogP) is 1.29. The number of Topliss-reactive ketones (excluding diaryl/α,β-unsaturated/α-hetero) is 1. The normalized spacial score (nSPS) is 44.4. The van der Waals surface area contributed by atoms with E-state index in [4.69, 9.17) is 24.7 Å². The Morgan fingerprint density at radius 2 is 1.26 bits per heavy atom. The molecule has 0 radical (unpaired) electrons. The number of carboxylic acid groups (broad SMARTS) is 1. The Kier molecular flexibility index (Phi) is 24.0. The summed E-state index contributed by atoms with van der Waals surface area (Å²) >= 11 is 1.88. The van der Waals surface area contributed by atoms with Crippen LogP contribution < -0.4 is 5.73 Å². The van der Waals surface area contributed by atoms with Gasteiger partial charge in [-0.3, -0.25) is 14.4 Å². The van der Waals surface area contributed by atoms with Crippen molar-refractivity contribution in [3.63, 3.8) is 0 Å². The number of esters is 1. The second kappa shape index (κ2) is 27.7. The molecule has 2 bridgehead atoms. The van der Waals surface area contributed by atoms with Crippen LogP contribution in [-0.4, -0.2) is 158 Å². The maximum atomic E-state index is 12.6. The number of ketones is 1. The summed E-state index contributed by atoms with van der Waals surface area (Å²) in [5, 5.41) is 107. The number of carbonyl (C=O) groups excluding carboxylic acids is 2. The van der Waals surface area contributed by atoms with Crippen molar-refractivity contribution in [3.8, 4) is 0 Å². The third-order valence-corrected chi connectivity index (χ3v) is 12.9. The van der Waals surface area contributed by atoms with Crippen molar-refractivity contribution in [1.29, 1.82) is 0 Å². The summed E-state index contributed by atoms with van der Waals surface area (Å²) in [7, 11) is 0. The number of halogens is 1. The SMILES string of the molecule is CC1OC(O[C@H]2/C=C/C=C/C=C/C=C/C=C/C=C/C=C/[C@H](C)[C@@H](O)[C@@H](C)[C@H](I)OC(=O)C[C@H](O)CC(=O)C[C@H](O)CC[C@@H](O)[C@H](O)C[C@]3(O)C[C@H](O)[C@@H](C(=O)O)C(C2)O3)C(O)C(N)C1O. The van der Waals surface area contributed by atoms with Gasteiger partial charge in [0.2, 0.25) is 0 Å². The molecule has 3 rings (SSSR count). The number of carboxylic acids is 1. The first-order valence-corrected chi connectivity index (χ1v) is 23.0. The third-order valence-electron chi connectivity index (χ3n) is 11.5. The maximum absolute atomic E-state index is 12.6. The van der Waals surface area contributed by atoms with Gasteiger partial charge in [-0.05, 0) is 42.4 Å². The van der Waals surface area contributed by atoms with E-state index in [0.29, 0.717) is 0 Å². The number of alkyl halides is 1. The van der Waals surface area contributed by atoms with E-state index in [2.05, 4.69) is 0 Å². The molecule has 3 heterocycles. The van der Waals surface area contributed by atoms with Crippen molar-refractivity contribution in [1.82, 2.24) is 0 Å². The number of aliphatic hydroxyl groups excluding tert-OH is 8. The molecule has 6 unspecified atom stereocenters. The zero-order valence-electron chi connectivity index (χ0n) is 36.8. The van der Waals surface area contributed by atoms with Gasteiger partial charge in [-0.2, -0.15) is 0 Å². The Labute approximate surface area is 393 Å². The molecule has 2 saturated heterocycles. The molecule has 2 fully saturated rings. The van der Waals surface area contributed by atoms with Crippen molar-refractivity contribution in [2.45, 2.75) is 162 Å². The van der Waals surface area contributed by atoms with Crippen LogP contribution in [0.4, 0.5) is 0 Å². The highest BCUT2D eigenvalue weighted by Gasteiger charge is 2.51. The van der Waals surface area contributed by atoms with E-state index in [1.807, 2.05) is 29.5 Å². The summed E-state index contributed by atoms with van der Waals surface area (Å²) in [6.07, 6.45) is 4.42. The minimum Gasteiger partial charge on any atom is -0.481 e. The number of fused-ring (bicyclic) bond motifs is 2. The fraction of sp³-hybridized carbons (Fsp3) is 0.630. The van der Waals surface area contributed by atoms with Crippen molar-refractivity contribution >= 4 is 40.3 Å². The number of rotatable bonds is 3. The minimum absolute atomic E-state index is 0.202. The average molecular weight is 1030 g/mol. The monoisotopic (exact) mass is 1030 g/mol. The van der Waals surface area contributed by atoms with Gasteiger partial charge in [0.1, 0.15) is 17.8 Å². The van der Waals surface area contributed by atoms with E-state index < -0.39 is 151 Å². The first kappa shape index (κ1) is 56.3. The van der Waals surface area contributed by atoms with Crippen LogP contribution in [0.1, 0.15) is 72.1 Å². The van der Waals surface area contributed by atoms with E-state index >= 15 is 0 Å². The summed E-state index contributed by atoms with van der Waals surface area (Å²) in [4.78, 5) is 37.7. The number of cyclic esters (lactones) is 1. The molecule has 0 aromatic carbocycles. The molecule has 19 heteroatoms. The Hall–Kier alpha value is -3.00. The van der Waals surface area contributed by atoms with Crippen LogP contribution in [0, 0.1) is 17.8 Å². The van der Waals surface area contributed by atoms with Crippen LogP contribution in [0.5, 0.6) is 0 Å². The van der Waals surface area contributed by atoms with E-state index in [-0.39, 0.29) is 25.2 Å². The zero-order valence-corrected chi connectivity index (χ0v) is 39.0. The molecule has 65 heavy (non-hydrogen) atoms. The molecule has 3 aliphatic rings. The number of nitrogens with two attached hydrogens (primary N) is 1. The molecule has 0 saturated carbocycles. The van der Waals surface area contributed by atoms with Crippen LogP contribution in [0.2, 0.25) is 0 Å². The van der Waals surface area contributed by atoms with Crippen molar-refractivity contribution in [2.75, 3.05) is 0 Å². The maximum Gasteiger partial charge on any atom is 0.311 e. The lowest BCUT2D eigenvalue weighted by atomic mass is 9.82. The highest BCUT2D eigenvalue weighted by Crippen LogP contribution is 2.38. The Bertz CT molecular complexity index is 1720. The lowest BCUT2D eigenvalue weighted by Gasteiger charge is -2.45. The number of hydrogen-bond acceptors (Lipinski definition) is 17. The fourth-order valence-corrected chi connectivity index (χ4v) is 8.32. The highest BCUT2D eigenvalue weighted by molar-refractivity contribution is 14.1. The number of allylic oxidation sites excluding steroid dienone is 12. The lowest BCUT2D eigenvalue weighted by Crippen LogP contribution is -2.61. The number of ether oxygens (including phenoxy) is 4. The van der Waals surface area contributed by atoms with Crippen LogP contribution in [0.15, 0.2) is 85.1 Å². The molecule has 18 atom stereocenters. The van der Waals surface area contributed by atoms with Crippen molar-refractivity contribution < 1.29 is 84.4 Å². The molecular weight excluding hydrogens is 965 g/mol. The van der Waals surface area contributed by atoms with Gasteiger partial charge in [0.05, 0.1) is 73.5 Å². The third kappa shape index (κ3) is 18.9. The Morgan fingerprint density at radius 1 is 0.723 bits per heavy atom. The average Bonchev–Trinajstić information content (AvgIpc) is 3.21. The molecule has 366 valence electrons. The summed E-state index contributed by atoms with van der Waals surface area (Å²) in [5.41, 5.74) is 6.01. The van der Waals surface area contributed by atoms with Gasteiger partial charge >= 0.3 is 11.9 Å². The Balaban J connectivity index is 1.86. The standard InChI is InChI=1S/C46H68INO17/c1-26-16-14-12-10-8-6-4-5-7-9-11-13-15-17-32(63-45-42(58)39(48)41(57)28(3)62-45)23-36-38(44(59)60)35(54)25-46(61,65-36)24-34(53)33(52)19-18-29(49)20-30(50)21-31(51)22-37(55)64-43(47)27(2)40(26)56/h4-17,26-29,31-36,38-43,45,49,51-54,56-58,61H,18-25,48H2,1-3H3,(H,59,60)/b5-4+,8-6+,9-7+,12-10+,13-11+,16-14+,17-15+/t26-,27+,28?,29+,31+,32-,33+,34+,35-,36?,38+,39?,40+,41?,42?,43+,45?,46+/m0/s1. The van der Waals surface area contributed by atoms with Gasteiger partial charge in [0, 0.05) is 43.9 Å². The highest BCUT2D eigenvalue weighted by atomic mass is 127. The van der Waals surface area contributed by atoms with Crippen LogP contribution in [0.25, 0.3) is 0 Å². The van der Waals surface area contributed by atoms with Gasteiger partial charge in [-0.15, -0.1) is 0 Å². The first-order chi connectivity index (χ1) is 30.6. The van der Waals surface area contributed by atoms with Gasteiger partial charge in [0.15, 0.2) is 16.2 Å². The smallest absolute Gasteiger partial charge is 0.311 e. The number of aliphatic hydroxyl groups is 9. The summed E-state index contributed by atoms with van der Waals surface area (Å²) in [6.45, 7) is 5.06. The van der Waals surface area contributed by atoms with E-state index in [1.165, 1.54) is 13.0 Å². The zero-order chi connectivity index (χ0) is 48.4. The van der Waals surface area contributed by atoms with E-state index in [0.717, 1.165) is 0 Å². The van der Waals surface area contributed by atoms with Gasteiger partial charge in [-0.1, -0.05) is 98.9 Å². The van der Waals surface area contributed by atoms with E-state index in [1.54, 1.807) is 85.9 Å². The van der Waals surface area contributed by atoms with E-state index in [9.17, 15) is 65.4 Å². The molecule has 0 amide bonds. The molecule has 3 aliphatic heterocycles. The van der Waals surface area contributed by atoms with Crippen LogP contribution in [-0.2, 0) is 33.3 Å². The molecule has 0 aromatic heterocycles. The topological polar surface area (TPSA) is 316 Å². The predicted molar refractivity (Wildman–Crippen MR) is 244 cm³/mol. The first-order valence-electron chi connectivity index (χ1n) is 21.8. The van der Waals surface area contributed by atoms with Gasteiger partial charge in [0.25, 0.3) is 0 Å². The molecule has 0 aliphatic carbocycles. The minimum atomic E-state index is -2.37. The van der Waals surface area contributed by atoms with Crippen molar-refractivity contribution in [3.05, 3.63) is 85.1 Å². The number of hydrogen-bond donors (Lipinski definition) is 11. The summed E-state index contributed by atoms with van der Waals surface area (Å²) < 4.78 is 22.3. The molecule has 12 N–H and O–H groups in total. The molecule has 18 nitrogen and oxygen atoms in total. The summed E-state index contributed by atoms with van der Waals surface area (Å²) in [5.74, 6) is -7.60. The molecular formula is C46H68INO17.